The monoisotopic (exact) mass is 1550 g/mol. The van der Waals surface area contributed by atoms with Gasteiger partial charge in [-0.15, -0.1) is 20.4 Å². The summed E-state index contributed by atoms with van der Waals surface area (Å²) < 4.78 is 48.4. The Morgan fingerprint density at radius 2 is 0.789 bits per heavy atom. The molecule has 0 aromatic carbocycles. The number of aryl methyl sites for hydroxylation is 4. The summed E-state index contributed by atoms with van der Waals surface area (Å²) >= 11 is 0. The van der Waals surface area contributed by atoms with Crippen LogP contribution in [0.15, 0.2) is 24.8 Å². The number of nitrogens with one attached hydrogen (secondary N) is 2. The molecule has 4 aromatic rings. The molecular weight excluding hydrogens is 1420 g/mol. The van der Waals surface area contributed by atoms with Crippen LogP contribution in [0.2, 0.25) is 0 Å². The van der Waals surface area contributed by atoms with Crippen LogP contribution in [0.5, 0.6) is 0 Å². The highest BCUT2D eigenvalue weighted by Gasteiger charge is 2.48. The fourth-order valence-electron chi connectivity index (χ4n) is 14.8. The number of amides is 2. The number of hydrogen-bond donors (Lipinski definition) is 14. The smallest absolute Gasteiger partial charge is 0.217 e. The minimum Gasteiger partial charge on any atom is -0.394 e. The van der Waals surface area contributed by atoms with Crippen molar-refractivity contribution in [3.05, 3.63) is 47.6 Å². The van der Waals surface area contributed by atoms with Gasteiger partial charge >= 0.3 is 0 Å². The molecule has 4 fully saturated rings. The third-order valence-corrected chi connectivity index (χ3v) is 21.1. The average molecular weight is 1550 g/mol. The zero-order valence-electron chi connectivity index (χ0n) is 64.6. The Morgan fingerprint density at radius 1 is 0.440 bits per heavy atom. The number of hydrogen-bond acceptors (Lipinski definition) is 31. The highest BCUT2D eigenvalue weighted by molar-refractivity contribution is 5.73. The summed E-state index contributed by atoms with van der Waals surface area (Å²) in [5.74, 6) is -1.59. The highest BCUT2D eigenvalue weighted by Crippen LogP contribution is 2.34. The third kappa shape index (κ3) is 27.2. The fraction of sp³-hybridized carbons (Fsp3) is 0.861. The van der Waals surface area contributed by atoms with E-state index >= 15 is 0 Å². The summed E-state index contributed by atoms with van der Waals surface area (Å²) in [7, 11) is 0. The van der Waals surface area contributed by atoms with E-state index in [4.69, 9.17) is 33.2 Å². The van der Waals surface area contributed by atoms with Crippen molar-refractivity contribution < 1.29 is 104 Å². The lowest BCUT2D eigenvalue weighted by atomic mass is 9.82. The van der Waals surface area contributed by atoms with Gasteiger partial charge in [-0.3, -0.25) is 38.1 Å². The van der Waals surface area contributed by atoms with Gasteiger partial charge in [-0.1, -0.05) is 81.2 Å². The lowest BCUT2D eigenvalue weighted by Gasteiger charge is -2.42. The normalized spacial score (nSPS) is 29.3. The zero-order valence-corrected chi connectivity index (χ0v) is 64.6. The quantitative estimate of drug-likeness (QED) is 0.0234. The van der Waals surface area contributed by atoms with Crippen LogP contribution < -0.4 is 10.6 Å². The van der Waals surface area contributed by atoms with Crippen LogP contribution in [0.4, 0.5) is 0 Å². The summed E-state index contributed by atoms with van der Waals surface area (Å²) in [4.78, 5) is 28.6. The molecule has 2 amide bonds. The van der Waals surface area contributed by atoms with E-state index < -0.39 is 142 Å². The van der Waals surface area contributed by atoms with Gasteiger partial charge in [0.25, 0.3) is 0 Å². The van der Waals surface area contributed by atoms with E-state index in [1.807, 2.05) is 50.4 Å². The first-order chi connectivity index (χ1) is 52.3. The number of aromatic nitrogens is 12. The molecule has 4 aliphatic heterocycles. The largest absolute Gasteiger partial charge is 0.394 e. The van der Waals surface area contributed by atoms with Gasteiger partial charge < -0.3 is 105 Å². The number of aliphatic hydroxyl groups is 12. The molecule has 4 aliphatic rings. The van der Waals surface area contributed by atoms with Gasteiger partial charge in [-0.2, -0.15) is 0 Å². The molecule has 37 heteroatoms. The first-order valence-electron chi connectivity index (χ1n) is 39.2. The Morgan fingerprint density at radius 3 is 1.18 bits per heavy atom. The van der Waals surface area contributed by atoms with E-state index in [0.29, 0.717) is 91.2 Å². The summed E-state index contributed by atoms with van der Waals surface area (Å²) in [6, 6.07) is -2.02. The zero-order chi connectivity index (χ0) is 78.7. The lowest BCUT2D eigenvalue weighted by molar-refractivity contribution is -0.282. The Labute approximate surface area is 637 Å². The topological polar surface area (TPSA) is 495 Å². The average Bonchev–Trinajstić information content (AvgIpc) is 1.65. The van der Waals surface area contributed by atoms with Crippen LogP contribution in [0.25, 0.3) is 0 Å². The number of aliphatic hydroxyl groups excluding tert-OH is 12. The van der Waals surface area contributed by atoms with Crippen LogP contribution >= 0.6 is 0 Å². The summed E-state index contributed by atoms with van der Waals surface area (Å²) in [6.45, 7) is 17.0. The van der Waals surface area contributed by atoms with Crippen molar-refractivity contribution >= 4 is 11.8 Å². The van der Waals surface area contributed by atoms with E-state index in [1.165, 1.54) is 13.8 Å². The molecule has 0 radical (unpaired) electrons. The number of ether oxygens (including phenoxy) is 7. The van der Waals surface area contributed by atoms with Crippen molar-refractivity contribution in [2.45, 2.75) is 326 Å². The predicted octanol–water partition coefficient (Wildman–Crippen LogP) is -1.07. The maximum Gasteiger partial charge on any atom is 0.217 e. The first kappa shape index (κ1) is 89.2. The SMILES string of the molecule is CC(=O)N[C@H]1[C@H](OCCCCCn2cc(CN(CCCCC(N(Cc3cn(CCCCCO[C@@H]4O[C@H](CO)[C@H](O)[C@H](O)[C@H]4C)nn3)Cc3cn(CCCCCO[C@@H]4O[C@H](CO)[C@H](O)[C@H](O)[C@H]4NC(C)=O)nn3)C(C)(C)C)Cc3cn(CCCCCC[C@@H]4O[C@H](CO)[C@H](O)[C@H](O)[C@H]4C)nn3)nn2)O[C@H](CO)[C@H](O)[C@@H]1O. The third-order valence-electron chi connectivity index (χ3n) is 21.1. The van der Waals surface area contributed by atoms with Gasteiger partial charge in [-0.25, -0.2) is 0 Å². The molecule has 21 atom stereocenters. The van der Waals surface area contributed by atoms with E-state index in [9.17, 15) is 70.9 Å². The molecule has 620 valence electrons. The van der Waals surface area contributed by atoms with Crippen LogP contribution in [0.3, 0.4) is 0 Å². The standard InChI is InChI=1S/C72H126N16O21/c1-45-53(106-54(41-89)63(97)61(45)95)23-13-8-9-15-26-85-37-49(75-79-85)33-83(34-50-38-86(80-76-50)27-17-11-21-31-104-70-59(73-47(3)93)67(101)65(99)56(43-91)108-70)25-19-14-24-58(72(5,6)7)84(35-51-39-87(81-77-51)28-16-10-20-30-103-69-46(2)62(96)64(98)55(42-90)107-69)36-52-40-88(82-78-52)29-18-12-22-32-105-71-60(74-48(4)94)68(102)66(100)57(44-92)109-71/h37-40,45-46,53-71,89-92,95-102H,8-36,41-44H2,1-7H3,(H,73,93)(H,74,94)/t45-,46+,53-,54+,55+,56+,57+,58?,59+,60+,61+,62+,63-,64-,65-,66-,67+,68+,69+,70+,71+/m0/s1. The molecule has 8 rings (SSSR count). The van der Waals surface area contributed by atoms with Gasteiger partial charge in [-0.05, 0) is 95.4 Å². The lowest BCUT2D eigenvalue weighted by Crippen LogP contribution is -2.64. The second kappa shape index (κ2) is 44.9. The summed E-state index contributed by atoms with van der Waals surface area (Å²) in [5, 5.41) is 165. The highest BCUT2D eigenvalue weighted by atomic mass is 16.7. The van der Waals surface area contributed by atoms with Crippen molar-refractivity contribution in [2.24, 2.45) is 17.3 Å². The second-order valence-corrected chi connectivity index (χ2v) is 31.0. The van der Waals surface area contributed by atoms with Gasteiger partial charge in [0.05, 0.1) is 67.5 Å². The number of carbonyl (C=O) groups excluding carboxylic acids is 2. The van der Waals surface area contributed by atoms with E-state index in [2.05, 4.69) is 82.5 Å². The molecule has 0 aliphatic carbocycles. The molecule has 1 unspecified atom stereocenters. The molecule has 8 heterocycles. The number of rotatable bonds is 48. The molecule has 14 N–H and O–H groups in total. The molecule has 0 spiro atoms. The molecule has 0 bridgehead atoms. The van der Waals surface area contributed by atoms with Crippen LogP contribution in [-0.2, 0) is 95.1 Å². The Bertz CT molecular complexity index is 3220. The molecule has 4 saturated heterocycles. The fourth-order valence-corrected chi connectivity index (χ4v) is 14.8. The maximum absolute atomic E-state index is 12.0. The van der Waals surface area contributed by atoms with Crippen LogP contribution in [0.1, 0.15) is 180 Å². The number of carbonyl (C=O) groups is 2. The van der Waals surface area contributed by atoms with E-state index in [0.717, 1.165) is 106 Å². The molecule has 4 aromatic heterocycles. The minimum absolute atomic E-state index is 0.0254. The van der Waals surface area contributed by atoms with E-state index in [1.54, 1.807) is 6.92 Å². The number of unbranched alkanes of at least 4 members (excludes halogenated alkanes) is 10. The predicted molar refractivity (Wildman–Crippen MR) is 388 cm³/mol. The Balaban J connectivity index is 0.891. The molecular formula is C72H126N16O21. The molecule has 0 saturated carbocycles. The van der Waals surface area contributed by atoms with Gasteiger partial charge in [0.1, 0.15) is 73.1 Å². The van der Waals surface area contributed by atoms with Gasteiger partial charge in [0, 0.05) is 129 Å². The van der Waals surface area contributed by atoms with Crippen LogP contribution in [0, 0.1) is 17.3 Å². The van der Waals surface area contributed by atoms with Gasteiger partial charge in [0.2, 0.25) is 11.8 Å². The first-order valence-corrected chi connectivity index (χ1v) is 39.2. The van der Waals surface area contributed by atoms with Crippen molar-refractivity contribution in [1.82, 2.24) is 80.4 Å². The van der Waals surface area contributed by atoms with Crippen molar-refractivity contribution in [1.29, 1.82) is 0 Å². The summed E-state index contributed by atoms with van der Waals surface area (Å²) in [6.07, 6.45) is 4.29. The second-order valence-electron chi connectivity index (χ2n) is 31.0. The maximum atomic E-state index is 12.0. The summed E-state index contributed by atoms with van der Waals surface area (Å²) in [5.41, 5.74) is 2.94. The van der Waals surface area contributed by atoms with Crippen molar-refractivity contribution in [2.75, 3.05) is 52.8 Å². The van der Waals surface area contributed by atoms with Gasteiger partial charge in [0.15, 0.2) is 18.9 Å². The van der Waals surface area contributed by atoms with Crippen molar-refractivity contribution in [3.63, 3.8) is 0 Å². The van der Waals surface area contributed by atoms with Crippen LogP contribution in [-0.4, -0.2) is 312 Å². The molecule has 37 nitrogen and oxygen atoms in total. The van der Waals surface area contributed by atoms with Crippen molar-refractivity contribution in [3.8, 4) is 0 Å². The molecule has 109 heavy (non-hydrogen) atoms. The number of nitrogens with zero attached hydrogens (tertiary/aromatic N) is 14. The van der Waals surface area contributed by atoms with E-state index in [-0.39, 0.29) is 43.3 Å². The minimum atomic E-state index is -1.41. The Hall–Kier alpha value is -5.34. The Kier molecular flexibility index (Phi) is 36.8.